The normalized spacial score (nSPS) is 7.70. The number of hydrogen-bond acceptors (Lipinski definition) is 12. The van der Waals surface area contributed by atoms with E-state index in [1.165, 1.54) is 0 Å². The second-order valence-corrected chi connectivity index (χ2v) is 2.96. The van der Waals surface area contributed by atoms with E-state index < -0.39 is 52.6 Å². The van der Waals surface area contributed by atoms with Gasteiger partial charge in [-0.3, -0.25) is 8.78 Å². The largest absolute Gasteiger partial charge is 1.00 e. The van der Waals surface area contributed by atoms with Crippen LogP contribution in [0.2, 0.25) is 0 Å². The third-order valence-corrected chi connectivity index (χ3v) is 0.921. The number of benzene rings is 1. The molecular weight excluding hydrogens is 390 g/mol. The Hall–Kier alpha value is -0.683. The first-order valence-corrected chi connectivity index (χ1v) is 5.43. The molecule has 0 saturated carbocycles. The summed E-state index contributed by atoms with van der Waals surface area (Å²) >= 11 is 0. The van der Waals surface area contributed by atoms with E-state index in [0.717, 1.165) is 0 Å². The van der Waals surface area contributed by atoms with Gasteiger partial charge in [0.05, 0.1) is 11.6 Å². The molecule has 0 heterocycles. The molecule has 1 aromatic carbocycles. The van der Waals surface area contributed by atoms with Crippen LogP contribution in [0, 0.1) is 29.3 Å². The first kappa shape index (κ1) is 37.1. The van der Waals surface area contributed by atoms with Crippen molar-refractivity contribution >= 4 is 29.3 Å². The van der Waals surface area contributed by atoms with Crippen molar-refractivity contribution in [2.45, 2.75) is 0 Å². The van der Waals surface area contributed by atoms with Crippen LogP contribution in [0.15, 0.2) is 6.07 Å². The summed E-state index contributed by atoms with van der Waals surface area (Å²) in [7, 11) is -8.67. The summed E-state index contributed by atoms with van der Waals surface area (Å²) in [5, 5.41) is 86.0. The summed E-state index contributed by atoms with van der Waals surface area (Å²) in [6.07, 6.45) is 0. The molecule has 0 aromatic heterocycles. The number of rotatable bonds is 0. The van der Waals surface area contributed by atoms with Crippen LogP contribution in [0.1, 0.15) is 0 Å². The molecule has 150 valence electrons. The van der Waals surface area contributed by atoms with E-state index in [1.54, 1.807) is 6.07 Å². The van der Waals surface area contributed by atoms with Crippen LogP contribution in [0.5, 0.6) is 0 Å². The van der Waals surface area contributed by atoms with Gasteiger partial charge in [0.2, 0.25) is 0 Å². The Morgan fingerprint density at radius 3 is 0.963 bits per heavy atom. The van der Waals surface area contributed by atoms with Crippen molar-refractivity contribution in [3.8, 4) is 0 Å². The second kappa shape index (κ2) is 23.4. The molecule has 27 heavy (non-hydrogen) atoms. The topological polar surface area (TPSA) is 243 Å². The third-order valence-electron chi connectivity index (χ3n) is 0.921. The summed E-state index contributed by atoms with van der Waals surface area (Å²) < 4.78 is 47.8. The smallest absolute Gasteiger partial charge is 0.402 e. The van der Waals surface area contributed by atoms with Gasteiger partial charge in [0.15, 0.2) is 0 Å². The van der Waals surface area contributed by atoms with Crippen LogP contribution in [-0.2, 0) is 0 Å². The van der Waals surface area contributed by atoms with Gasteiger partial charge in [-0.2, -0.15) is 0 Å². The van der Waals surface area contributed by atoms with Gasteiger partial charge in [-0.15, -0.1) is 12.1 Å². The van der Waals surface area contributed by atoms with E-state index >= 15 is 0 Å². The fraction of sp³-hybridized carbons (Fsp3) is 0. The molecule has 0 bridgehead atoms. The Labute approximate surface area is 162 Å². The maximum atomic E-state index is 12.0. The zero-order valence-corrected chi connectivity index (χ0v) is 13.3. The summed E-state index contributed by atoms with van der Waals surface area (Å²) in [6.45, 7) is 0. The van der Waals surface area contributed by atoms with Gasteiger partial charge >= 0.3 is 48.1 Å². The molecule has 12 N–H and O–H groups in total. The van der Waals surface area contributed by atoms with Gasteiger partial charge in [0, 0.05) is 11.6 Å². The van der Waals surface area contributed by atoms with E-state index in [-0.39, 0.29) is 18.9 Å². The van der Waals surface area contributed by atoms with E-state index in [2.05, 4.69) is 0 Å². The monoisotopic (exact) mass is 404 g/mol. The van der Waals surface area contributed by atoms with Crippen molar-refractivity contribution in [2.24, 2.45) is 0 Å². The van der Waals surface area contributed by atoms with Crippen molar-refractivity contribution in [3.05, 3.63) is 35.4 Å². The van der Waals surface area contributed by atoms with Crippen molar-refractivity contribution in [3.63, 3.8) is 0 Å². The molecule has 0 aliphatic heterocycles. The molecule has 0 aliphatic carbocycles. The quantitative estimate of drug-likeness (QED) is 0.0635. The molecule has 21 heteroatoms. The first-order valence-electron chi connectivity index (χ1n) is 5.43. The Balaban J connectivity index is -0.0000000814. The molecule has 1 aromatic rings. The summed E-state index contributed by atoms with van der Waals surface area (Å²) in [5.74, 6) is -6.60. The number of halogens is 4. The average molecular weight is 403 g/mol. The summed E-state index contributed by atoms with van der Waals surface area (Å²) in [6, 6.07) is 1.95. The van der Waals surface area contributed by atoms with E-state index in [4.69, 9.17) is 60.3 Å². The van der Waals surface area contributed by atoms with Crippen molar-refractivity contribution in [1.82, 2.24) is 0 Å². The van der Waals surface area contributed by atoms with Crippen molar-refractivity contribution < 1.29 is 96.7 Å². The van der Waals surface area contributed by atoms with E-state index in [1.807, 2.05) is 0 Å². The van der Waals surface area contributed by atoms with E-state index in [9.17, 15) is 17.6 Å². The zero-order valence-electron chi connectivity index (χ0n) is 13.3. The standard InChI is InChI=1S/C6HF4.4BH3O3.Li/c7-3-1-2-4(8)6(10)5(3)9;4*2-1(3)4;/h1H;4*2-4H;/q-1;;;;;+1. The maximum absolute atomic E-state index is 12.0. The predicted octanol–water partition coefficient (Wildman–Crippen LogP) is -9.16. The molecule has 0 unspecified atom stereocenters. The van der Waals surface area contributed by atoms with Crippen molar-refractivity contribution in [2.75, 3.05) is 0 Å². The Bertz CT molecular complexity index is 387. The SMILES string of the molecule is Fc1[c-]cc(F)c(F)c1F.OB(O)O.OB(O)O.OB(O)O.OB(O)O.[Li+]. The van der Waals surface area contributed by atoms with Gasteiger partial charge < -0.3 is 60.3 Å². The minimum atomic E-state index is -2.17. The Morgan fingerprint density at radius 2 is 0.778 bits per heavy atom. The van der Waals surface area contributed by atoms with Gasteiger partial charge in [0.1, 0.15) is 0 Å². The minimum absolute atomic E-state index is 0. The predicted molar refractivity (Wildman–Crippen MR) is 74.8 cm³/mol. The fourth-order valence-corrected chi connectivity index (χ4v) is 0.455. The summed E-state index contributed by atoms with van der Waals surface area (Å²) in [4.78, 5) is 0. The van der Waals surface area contributed by atoms with Gasteiger partial charge in [-0.25, -0.2) is 8.78 Å². The summed E-state index contributed by atoms with van der Waals surface area (Å²) in [5.41, 5.74) is 0. The van der Waals surface area contributed by atoms with Crippen LogP contribution in [0.4, 0.5) is 17.6 Å². The second-order valence-electron chi connectivity index (χ2n) is 2.96. The van der Waals surface area contributed by atoms with Crippen LogP contribution >= 0.6 is 0 Å². The Morgan fingerprint density at radius 1 is 0.556 bits per heavy atom. The molecule has 0 saturated heterocycles. The fourth-order valence-electron chi connectivity index (χ4n) is 0.455. The van der Waals surface area contributed by atoms with Gasteiger partial charge in [-0.1, -0.05) is 0 Å². The van der Waals surface area contributed by atoms with Crippen LogP contribution in [-0.4, -0.2) is 89.6 Å². The molecule has 1 rings (SSSR count). The Kier molecular flexibility index (Phi) is 32.1. The minimum Gasteiger partial charge on any atom is -0.402 e. The zero-order chi connectivity index (χ0) is 22.0. The molecule has 0 spiro atoms. The average Bonchev–Trinajstić information content (AvgIpc) is 2.38. The third kappa shape index (κ3) is 51.7. The molecule has 0 atom stereocenters. The van der Waals surface area contributed by atoms with Crippen LogP contribution in [0.3, 0.4) is 0 Å². The molecule has 0 aliphatic rings. The molecular formula is C6H13B4F4LiO12. The van der Waals surface area contributed by atoms with Gasteiger partial charge in [0.25, 0.3) is 0 Å². The molecule has 12 nitrogen and oxygen atoms in total. The number of hydrogen-bond donors (Lipinski definition) is 12. The van der Waals surface area contributed by atoms with E-state index in [0.29, 0.717) is 6.07 Å². The molecule has 0 radical (unpaired) electrons. The maximum Gasteiger partial charge on any atom is 1.00 e. The van der Waals surface area contributed by atoms with Gasteiger partial charge in [-0.05, 0) is 0 Å². The van der Waals surface area contributed by atoms with Crippen molar-refractivity contribution in [1.29, 1.82) is 0 Å². The molecule has 0 fully saturated rings. The first-order chi connectivity index (χ1) is 11.6. The molecule has 0 amide bonds. The van der Waals surface area contributed by atoms with Crippen LogP contribution in [0.25, 0.3) is 0 Å². The van der Waals surface area contributed by atoms with Crippen LogP contribution < -0.4 is 18.9 Å².